The first kappa shape index (κ1) is 14.3. The standard InChI is InChI=1S/C7H9Cl3N4O3/c1-13(16-2)6(15)17-5(7(8,9)10)14-4-11-3-12-14/h3-5H,1-2H3. The summed E-state index contributed by atoms with van der Waals surface area (Å²) in [4.78, 5) is 19.8. The van der Waals surface area contributed by atoms with Gasteiger partial charge < -0.3 is 4.74 Å². The van der Waals surface area contributed by atoms with Crippen molar-refractivity contribution in [2.24, 2.45) is 0 Å². The van der Waals surface area contributed by atoms with E-state index in [1.807, 2.05) is 0 Å². The summed E-state index contributed by atoms with van der Waals surface area (Å²) in [5, 5.41) is 4.57. The minimum Gasteiger partial charge on any atom is -0.417 e. The van der Waals surface area contributed by atoms with Crippen molar-refractivity contribution in [3.8, 4) is 0 Å². The Bertz CT molecular complexity index is 367. The molecule has 0 radical (unpaired) electrons. The monoisotopic (exact) mass is 302 g/mol. The van der Waals surface area contributed by atoms with E-state index in [2.05, 4.69) is 14.9 Å². The Kier molecular flexibility index (Phi) is 4.81. The van der Waals surface area contributed by atoms with Crippen LogP contribution in [-0.4, -0.2) is 43.9 Å². The van der Waals surface area contributed by atoms with Crippen LogP contribution in [0.5, 0.6) is 0 Å². The first-order chi connectivity index (χ1) is 7.86. The molecule has 0 bridgehead atoms. The Balaban J connectivity index is 2.83. The normalized spacial score (nSPS) is 13.2. The maximum atomic E-state index is 11.5. The van der Waals surface area contributed by atoms with Crippen molar-refractivity contribution in [3.63, 3.8) is 0 Å². The van der Waals surface area contributed by atoms with Gasteiger partial charge in [-0.15, -0.1) is 0 Å². The molecule has 1 heterocycles. The molecule has 0 saturated heterocycles. The summed E-state index contributed by atoms with van der Waals surface area (Å²) in [6.07, 6.45) is 0.392. The molecule has 7 nitrogen and oxygen atoms in total. The summed E-state index contributed by atoms with van der Waals surface area (Å²) in [7, 11) is 2.64. The van der Waals surface area contributed by atoms with E-state index in [0.29, 0.717) is 0 Å². The van der Waals surface area contributed by atoms with Crippen molar-refractivity contribution in [2.75, 3.05) is 14.2 Å². The van der Waals surface area contributed by atoms with Gasteiger partial charge in [0.15, 0.2) is 0 Å². The first-order valence-electron chi connectivity index (χ1n) is 4.25. The Morgan fingerprint density at radius 2 is 2.18 bits per heavy atom. The summed E-state index contributed by atoms with van der Waals surface area (Å²) in [6, 6.07) is 0. The number of nitrogens with zero attached hydrogens (tertiary/aromatic N) is 4. The summed E-state index contributed by atoms with van der Waals surface area (Å²) < 4.78 is 4.15. The highest BCUT2D eigenvalue weighted by Crippen LogP contribution is 2.38. The highest BCUT2D eigenvalue weighted by Gasteiger charge is 2.39. The predicted octanol–water partition coefficient (Wildman–Crippen LogP) is 1.78. The van der Waals surface area contributed by atoms with Gasteiger partial charge in [-0.2, -0.15) is 10.2 Å². The van der Waals surface area contributed by atoms with Crippen LogP contribution in [0.2, 0.25) is 0 Å². The molecule has 1 aromatic heterocycles. The van der Waals surface area contributed by atoms with E-state index in [1.165, 1.54) is 26.8 Å². The summed E-state index contributed by atoms with van der Waals surface area (Å²) >= 11 is 17.1. The molecule has 0 aromatic carbocycles. The molecule has 17 heavy (non-hydrogen) atoms. The van der Waals surface area contributed by atoms with Crippen molar-refractivity contribution in [1.82, 2.24) is 19.8 Å². The molecule has 0 aliphatic rings. The Morgan fingerprint density at radius 1 is 1.53 bits per heavy atom. The minimum absolute atomic E-state index is 0.834. The molecule has 1 amide bonds. The molecule has 10 heteroatoms. The van der Waals surface area contributed by atoms with E-state index in [-0.39, 0.29) is 0 Å². The Hall–Kier alpha value is -0.760. The molecule has 0 saturated carbocycles. The lowest BCUT2D eigenvalue weighted by Gasteiger charge is -2.25. The van der Waals surface area contributed by atoms with Crippen molar-refractivity contribution in [1.29, 1.82) is 0 Å². The zero-order valence-corrected chi connectivity index (χ0v) is 11.1. The number of amides is 1. The zero-order valence-electron chi connectivity index (χ0n) is 8.88. The number of aromatic nitrogens is 3. The topological polar surface area (TPSA) is 69.5 Å². The highest BCUT2D eigenvalue weighted by molar-refractivity contribution is 6.67. The predicted molar refractivity (Wildman–Crippen MR) is 60.6 cm³/mol. The number of carbonyl (C=O) groups excluding carboxylic acids is 1. The molecule has 1 unspecified atom stereocenters. The van der Waals surface area contributed by atoms with Gasteiger partial charge in [-0.05, 0) is 0 Å². The smallest absolute Gasteiger partial charge is 0.417 e. The molecule has 0 spiro atoms. The molecule has 0 aliphatic carbocycles. The van der Waals surface area contributed by atoms with Crippen LogP contribution in [-0.2, 0) is 9.57 Å². The third-order valence-corrected chi connectivity index (χ3v) is 2.26. The van der Waals surface area contributed by atoms with Gasteiger partial charge in [-0.1, -0.05) is 34.8 Å². The third kappa shape index (κ3) is 3.88. The molecule has 0 fully saturated rings. The third-order valence-electron chi connectivity index (χ3n) is 1.70. The van der Waals surface area contributed by atoms with Crippen LogP contribution in [0.3, 0.4) is 0 Å². The number of carbonyl (C=O) groups is 1. The number of alkyl halides is 3. The lowest BCUT2D eigenvalue weighted by molar-refractivity contribution is -0.106. The summed E-state index contributed by atoms with van der Waals surface area (Å²) in [5.41, 5.74) is 0. The number of ether oxygens (including phenoxy) is 1. The fourth-order valence-electron chi connectivity index (χ4n) is 0.854. The zero-order chi connectivity index (χ0) is 13.1. The molecule has 1 atom stereocenters. The van der Waals surface area contributed by atoms with Crippen molar-refractivity contribution in [3.05, 3.63) is 12.7 Å². The maximum Gasteiger partial charge on any atom is 0.435 e. The molecular weight excluding hydrogens is 294 g/mol. The van der Waals surface area contributed by atoms with E-state index in [0.717, 1.165) is 9.75 Å². The molecule has 1 aromatic rings. The van der Waals surface area contributed by atoms with Gasteiger partial charge in [-0.25, -0.2) is 14.5 Å². The second-order valence-electron chi connectivity index (χ2n) is 2.83. The number of rotatable bonds is 3. The van der Waals surface area contributed by atoms with Crippen molar-refractivity contribution in [2.45, 2.75) is 10.0 Å². The van der Waals surface area contributed by atoms with Gasteiger partial charge in [0.25, 0.3) is 0 Å². The van der Waals surface area contributed by atoms with Gasteiger partial charge >= 0.3 is 6.09 Å². The second kappa shape index (κ2) is 5.72. The number of hydroxylamine groups is 2. The van der Waals surface area contributed by atoms with Crippen LogP contribution in [0.4, 0.5) is 4.79 Å². The maximum absolute atomic E-state index is 11.5. The first-order valence-corrected chi connectivity index (χ1v) is 5.39. The van der Waals surface area contributed by atoms with Gasteiger partial charge in [-0.3, -0.25) is 4.84 Å². The average molecular weight is 304 g/mol. The van der Waals surface area contributed by atoms with Crippen LogP contribution in [0.15, 0.2) is 12.7 Å². The van der Waals surface area contributed by atoms with E-state index < -0.39 is 16.1 Å². The second-order valence-corrected chi connectivity index (χ2v) is 5.20. The largest absolute Gasteiger partial charge is 0.435 e. The van der Waals surface area contributed by atoms with Gasteiger partial charge in [0.1, 0.15) is 12.7 Å². The Morgan fingerprint density at radius 3 is 2.59 bits per heavy atom. The van der Waals surface area contributed by atoms with Gasteiger partial charge in [0, 0.05) is 7.05 Å². The molecule has 1 rings (SSSR count). The molecule has 96 valence electrons. The average Bonchev–Trinajstić information content (AvgIpc) is 2.75. The van der Waals surface area contributed by atoms with Gasteiger partial charge in [0.05, 0.1) is 7.11 Å². The quantitative estimate of drug-likeness (QED) is 0.629. The van der Waals surface area contributed by atoms with E-state index in [9.17, 15) is 4.79 Å². The van der Waals surface area contributed by atoms with Crippen molar-refractivity contribution >= 4 is 40.9 Å². The van der Waals surface area contributed by atoms with Crippen molar-refractivity contribution < 1.29 is 14.4 Å². The molecular formula is C7H9Cl3N4O3. The van der Waals surface area contributed by atoms with Crippen LogP contribution < -0.4 is 0 Å². The highest BCUT2D eigenvalue weighted by atomic mass is 35.6. The number of hydrogen-bond donors (Lipinski definition) is 0. The Labute approximate surface area is 112 Å². The fourth-order valence-corrected chi connectivity index (χ4v) is 1.29. The number of halogens is 3. The van der Waals surface area contributed by atoms with E-state index >= 15 is 0 Å². The van der Waals surface area contributed by atoms with E-state index in [4.69, 9.17) is 39.5 Å². The van der Waals surface area contributed by atoms with Crippen LogP contribution in [0, 0.1) is 0 Å². The van der Waals surface area contributed by atoms with Crippen LogP contribution >= 0.6 is 34.8 Å². The lowest BCUT2D eigenvalue weighted by atomic mass is 10.6. The SMILES string of the molecule is CON(C)C(=O)OC(n1cncn1)C(Cl)(Cl)Cl. The fraction of sp³-hybridized carbons (Fsp3) is 0.571. The lowest BCUT2D eigenvalue weighted by Crippen LogP contribution is -2.34. The summed E-state index contributed by atoms with van der Waals surface area (Å²) in [6.45, 7) is 0. The van der Waals surface area contributed by atoms with Crippen LogP contribution in [0.25, 0.3) is 0 Å². The molecule has 0 N–H and O–H groups in total. The summed E-state index contributed by atoms with van der Waals surface area (Å²) in [5.74, 6) is 0. The minimum atomic E-state index is -1.89. The van der Waals surface area contributed by atoms with Crippen LogP contribution in [0.1, 0.15) is 6.23 Å². The molecule has 0 aliphatic heterocycles. The van der Waals surface area contributed by atoms with Gasteiger partial charge in [0.2, 0.25) is 10.0 Å². The number of hydrogen-bond acceptors (Lipinski definition) is 5. The van der Waals surface area contributed by atoms with E-state index in [1.54, 1.807) is 0 Å².